The van der Waals surface area contributed by atoms with Crippen LogP contribution in [-0.4, -0.2) is 24.5 Å². The molecule has 2 amide bonds. The van der Waals surface area contributed by atoms with Crippen LogP contribution in [0.5, 0.6) is 0 Å². The minimum atomic E-state index is -0.0625. The molecule has 0 radical (unpaired) electrons. The van der Waals surface area contributed by atoms with Crippen LogP contribution in [-0.2, 0) is 6.54 Å². The van der Waals surface area contributed by atoms with Gasteiger partial charge in [0.05, 0.1) is 0 Å². The molecule has 3 nitrogen and oxygen atoms in total. The molecule has 1 rings (SSSR count). The Labute approximate surface area is 95.0 Å². The van der Waals surface area contributed by atoms with Crippen molar-refractivity contribution < 1.29 is 4.79 Å². The summed E-state index contributed by atoms with van der Waals surface area (Å²) in [6.07, 6.45) is 0. The fourth-order valence-corrected chi connectivity index (χ4v) is 1.18. The lowest BCUT2D eigenvalue weighted by Crippen LogP contribution is -2.36. The minimum Gasteiger partial charge on any atom is -0.334 e. The van der Waals surface area contributed by atoms with Crippen LogP contribution < -0.4 is 5.32 Å². The van der Waals surface area contributed by atoms with Crippen LogP contribution in [0.1, 0.15) is 12.5 Å². The normalized spacial score (nSPS) is 9.80. The van der Waals surface area contributed by atoms with E-state index in [1.807, 2.05) is 31.2 Å². The summed E-state index contributed by atoms with van der Waals surface area (Å²) >= 11 is 5.75. The molecular weight excluding hydrogens is 212 g/mol. The summed E-state index contributed by atoms with van der Waals surface area (Å²) < 4.78 is 0. The van der Waals surface area contributed by atoms with Gasteiger partial charge >= 0.3 is 6.03 Å². The van der Waals surface area contributed by atoms with Gasteiger partial charge in [0.2, 0.25) is 0 Å². The van der Waals surface area contributed by atoms with Crippen molar-refractivity contribution in [3.05, 3.63) is 34.9 Å². The first-order valence-electron chi connectivity index (χ1n) is 4.87. The molecule has 0 aliphatic rings. The third-order valence-electron chi connectivity index (χ3n) is 2.18. The Bertz CT molecular complexity index is 324. The second-order valence-corrected chi connectivity index (χ2v) is 3.74. The van der Waals surface area contributed by atoms with Crippen molar-refractivity contribution in [2.24, 2.45) is 0 Å². The topological polar surface area (TPSA) is 32.3 Å². The zero-order valence-corrected chi connectivity index (χ0v) is 9.71. The average Bonchev–Trinajstić information content (AvgIpc) is 2.26. The van der Waals surface area contributed by atoms with E-state index in [1.165, 1.54) is 0 Å². The number of nitrogens with zero attached hydrogens (tertiary/aromatic N) is 1. The zero-order chi connectivity index (χ0) is 11.3. The van der Waals surface area contributed by atoms with E-state index in [-0.39, 0.29) is 6.03 Å². The van der Waals surface area contributed by atoms with Gasteiger partial charge in [-0.25, -0.2) is 4.79 Å². The molecule has 82 valence electrons. The fraction of sp³-hybridized carbons (Fsp3) is 0.364. The molecule has 0 aliphatic heterocycles. The number of urea groups is 1. The summed E-state index contributed by atoms with van der Waals surface area (Å²) in [5, 5.41) is 3.52. The number of carbonyl (C=O) groups excluding carboxylic acids is 1. The average molecular weight is 227 g/mol. The number of halogens is 1. The van der Waals surface area contributed by atoms with Crippen LogP contribution in [0.25, 0.3) is 0 Å². The number of nitrogens with one attached hydrogen (secondary N) is 1. The molecule has 15 heavy (non-hydrogen) atoms. The van der Waals surface area contributed by atoms with Gasteiger partial charge in [0.1, 0.15) is 0 Å². The van der Waals surface area contributed by atoms with Gasteiger partial charge < -0.3 is 10.2 Å². The highest BCUT2D eigenvalue weighted by atomic mass is 35.5. The molecule has 0 aromatic heterocycles. The molecule has 0 bridgehead atoms. The largest absolute Gasteiger partial charge is 0.334 e. The van der Waals surface area contributed by atoms with E-state index in [9.17, 15) is 4.79 Å². The van der Waals surface area contributed by atoms with Gasteiger partial charge in [0.15, 0.2) is 0 Å². The Hall–Kier alpha value is -1.22. The Morgan fingerprint density at radius 3 is 2.53 bits per heavy atom. The first-order valence-corrected chi connectivity index (χ1v) is 5.24. The van der Waals surface area contributed by atoms with Gasteiger partial charge in [0, 0.05) is 25.2 Å². The predicted molar refractivity (Wildman–Crippen MR) is 62.0 cm³/mol. The van der Waals surface area contributed by atoms with Crippen molar-refractivity contribution in [3.8, 4) is 0 Å². The van der Waals surface area contributed by atoms with Crippen molar-refractivity contribution in [3.63, 3.8) is 0 Å². The van der Waals surface area contributed by atoms with E-state index in [0.717, 1.165) is 5.56 Å². The molecule has 0 fully saturated rings. The monoisotopic (exact) mass is 226 g/mol. The second kappa shape index (κ2) is 5.61. The molecular formula is C11H15ClN2O. The first-order chi connectivity index (χ1) is 7.13. The Morgan fingerprint density at radius 2 is 2.00 bits per heavy atom. The van der Waals surface area contributed by atoms with E-state index in [1.54, 1.807) is 11.9 Å². The van der Waals surface area contributed by atoms with Crippen molar-refractivity contribution in [1.82, 2.24) is 10.2 Å². The van der Waals surface area contributed by atoms with Crippen LogP contribution in [0.15, 0.2) is 24.3 Å². The molecule has 0 spiro atoms. The Kier molecular flexibility index (Phi) is 4.43. The van der Waals surface area contributed by atoms with Gasteiger partial charge in [-0.2, -0.15) is 0 Å². The number of amides is 2. The van der Waals surface area contributed by atoms with Crippen molar-refractivity contribution in [2.45, 2.75) is 13.5 Å². The molecule has 4 heteroatoms. The molecule has 1 aromatic rings. The summed E-state index contributed by atoms with van der Waals surface area (Å²) in [5.74, 6) is 0. The van der Waals surface area contributed by atoms with Gasteiger partial charge in [-0.1, -0.05) is 23.7 Å². The number of hydrogen-bond donors (Lipinski definition) is 1. The van der Waals surface area contributed by atoms with Crippen molar-refractivity contribution in [1.29, 1.82) is 0 Å². The van der Waals surface area contributed by atoms with Crippen molar-refractivity contribution >= 4 is 17.6 Å². The highest BCUT2D eigenvalue weighted by Gasteiger charge is 2.04. The molecule has 0 saturated carbocycles. The standard InChI is InChI=1S/C11H15ClN2O/c1-3-14(2)11(15)13-8-9-4-6-10(12)7-5-9/h4-7H,3,8H2,1-2H3,(H,13,15). The van der Waals surface area contributed by atoms with Crippen LogP contribution in [0, 0.1) is 0 Å². The van der Waals surface area contributed by atoms with Gasteiger partial charge in [-0.15, -0.1) is 0 Å². The molecule has 0 atom stereocenters. The summed E-state index contributed by atoms with van der Waals surface area (Å²) in [4.78, 5) is 13.0. The van der Waals surface area contributed by atoms with Crippen LogP contribution >= 0.6 is 11.6 Å². The number of rotatable bonds is 3. The van der Waals surface area contributed by atoms with Crippen LogP contribution in [0.2, 0.25) is 5.02 Å². The van der Waals surface area contributed by atoms with Crippen LogP contribution in [0.3, 0.4) is 0 Å². The number of hydrogen-bond acceptors (Lipinski definition) is 1. The van der Waals surface area contributed by atoms with Gasteiger partial charge in [-0.3, -0.25) is 0 Å². The third kappa shape index (κ3) is 3.80. The quantitative estimate of drug-likeness (QED) is 0.844. The van der Waals surface area contributed by atoms with Gasteiger partial charge in [-0.05, 0) is 24.6 Å². The lowest BCUT2D eigenvalue weighted by Gasteiger charge is -2.15. The smallest absolute Gasteiger partial charge is 0.317 e. The third-order valence-corrected chi connectivity index (χ3v) is 2.43. The maximum absolute atomic E-state index is 11.4. The highest BCUT2D eigenvalue weighted by molar-refractivity contribution is 6.30. The maximum atomic E-state index is 11.4. The SMILES string of the molecule is CCN(C)C(=O)NCc1ccc(Cl)cc1. The Morgan fingerprint density at radius 1 is 1.40 bits per heavy atom. The summed E-state index contributed by atoms with van der Waals surface area (Å²) in [6.45, 7) is 3.16. The zero-order valence-electron chi connectivity index (χ0n) is 8.96. The van der Waals surface area contributed by atoms with E-state index in [2.05, 4.69) is 5.32 Å². The lowest BCUT2D eigenvalue weighted by molar-refractivity contribution is 0.210. The number of carbonyl (C=O) groups is 1. The fourth-order valence-electron chi connectivity index (χ4n) is 1.06. The molecule has 0 unspecified atom stereocenters. The van der Waals surface area contributed by atoms with Gasteiger partial charge in [0.25, 0.3) is 0 Å². The molecule has 0 saturated heterocycles. The molecule has 0 aliphatic carbocycles. The van der Waals surface area contributed by atoms with E-state index in [4.69, 9.17) is 11.6 Å². The predicted octanol–water partition coefficient (Wildman–Crippen LogP) is 2.50. The summed E-state index contributed by atoms with van der Waals surface area (Å²) in [6, 6.07) is 7.36. The van der Waals surface area contributed by atoms with E-state index >= 15 is 0 Å². The molecule has 1 N–H and O–H groups in total. The van der Waals surface area contributed by atoms with Crippen LogP contribution in [0.4, 0.5) is 4.79 Å². The lowest BCUT2D eigenvalue weighted by atomic mass is 10.2. The summed E-state index contributed by atoms with van der Waals surface area (Å²) in [7, 11) is 1.76. The summed E-state index contributed by atoms with van der Waals surface area (Å²) in [5.41, 5.74) is 1.04. The molecule has 0 heterocycles. The first kappa shape index (κ1) is 11.9. The minimum absolute atomic E-state index is 0.0625. The van der Waals surface area contributed by atoms with E-state index in [0.29, 0.717) is 18.1 Å². The highest BCUT2D eigenvalue weighted by Crippen LogP contribution is 2.09. The molecule has 1 aromatic carbocycles. The van der Waals surface area contributed by atoms with E-state index < -0.39 is 0 Å². The maximum Gasteiger partial charge on any atom is 0.317 e. The second-order valence-electron chi connectivity index (χ2n) is 3.30. The van der Waals surface area contributed by atoms with Crippen molar-refractivity contribution in [2.75, 3.05) is 13.6 Å². The number of benzene rings is 1. The Balaban J connectivity index is 2.43.